The number of benzene rings is 5. The number of aromatic nitrogens is 1. The number of nitrogens with zero attached hydrogens (tertiary/aromatic N) is 1. The second kappa shape index (κ2) is 9.02. The summed E-state index contributed by atoms with van der Waals surface area (Å²) in [6.45, 7) is 8.64. The normalized spacial score (nSPS) is 11.4. The number of fused-ring (bicyclic) bond motifs is 8. The van der Waals surface area contributed by atoms with Crippen molar-refractivity contribution in [3.8, 4) is 5.69 Å². The lowest BCUT2D eigenvalue weighted by atomic mass is 10.0. The Balaban J connectivity index is 1.87. The first-order chi connectivity index (χ1) is 18.8. The molecule has 0 amide bonds. The van der Waals surface area contributed by atoms with E-state index in [0.29, 0.717) is 0 Å². The van der Waals surface area contributed by atoms with Crippen LogP contribution in [0.4, 0.5) is 0 Å². The van der Waals surface area contributed by atoms with Gasteiger partial charge in [0, 0.05) is 31.1 Å². The van der Waals surface area contributed by atoms with Gasteiger partial charge in [-0.15, -0.1) is 11.3 Å². The molecule has 0 bridgehead atoms. The van der Waals surface area contributed by atoms with Crippen molar-refractivity contribution in [2.75, 3.05) is 0 Å². The molecule has 0 radical (unpaired) electrons. The Morgan fingerprint density at radius 1 is 0.500 bits per heavy atom. The molecule has 0 aliphatic rings. The van der Waals surface area contributed by atoms with E-state index < -0.39 is 0 Å². The highest BCUT2D eigenvalue weighted by Gasteiger charge is 2.16. The van der Waals surface area contributed by atoms with Crippen LogP contribution in [0.3, 0.4) is 0 Å². The molecule has 2 heteroatoms. The molecule has 38 heavy (non-hydrogen) atoms. The van der Waals surface area contributed by atoms with Crippen molar-refractivity contribution in [2.45, 2.75) is 0 Å². The molecule has 1 nitrogen and oxygen atoms in total. The minimum absolute atomic E-state index is 1.01. The Morgan fingerprint density at radius 3 is 1.76 bits per heavy atom. The zero-order valence-electron chi connectivity index (χ0n) is 20.9. The predicted molar refractivity (Wildman–Crippen MR) is 169 cm³/mol. The van der Waals surface area contributed by atoms with Crippen LogP contribution in [0.1, 0.15) is 11.3 Å². The van der Waals surface area contributed by atoms with E-state index in [9.17, 15) is 0 Å². The summed E-state index contributed by atoms with van der Waals surface area (Å²) in [7, 11) is 0. The quantitative estimate of drug-likeness (QED) is 0.226. The van der Waals surface area contributed by atoms with Crippen LogP contribution in [0.25, 0.3) is 70.5 Å². The van der Waals surface area contributed by atoms with Gasteiger partial charge in [-0.05, 0) is 51.9 Å². The third-order valence-corrected chi connectivity index (χ3v) is 8.54. The van der Waals surface area contributed by atoms with Crippen molar-refractivity contribution in [2.24, 2.45) is 0 Å². The average molecular weight is 504 g/mol. The number of rotatable bonds is 3. The van der Waals surface area contributed by atoms with E-state index >= 15 is 0 Å². The fourth-order valence-corrected chi connectivity index (χ4v) is 6.93. The first kappa shape index (κ1) is 22.5. The van der Waals surface area contributed by atoms with Crippen LogP contribution in [-0.4, -0.2) is 4.57 Å². The van der Waals surface area contributed by atoms with Gasteiger partial charge in [-0.2, -0.15) is 0 Å². The van der Waals surface area contributed by atoms with Gasteiger partial charge in [0.15, 0.2) is 0 Å². The summed E-state index contributed by atoms with van der Waals surface area (Å²) in [5.74, 6) is 0. The van der Waals surface area contributed by atoms with Crippen LogP contribution in [0.2, 0.25) is 0 Å². The molecule has 2 heterocycles. The van der Waals surface area contributed by atoms with E-state index in [1.807, 2.05) is 23.5 Å². The number of hydrogen-bond acceptors (Lipinski definition) is 1. The molecule has 7 aromatic rings. The molecule has 2 aromatic heterocycles. The maximum atomic E-state index is 4.34. The Kier molecular flexibility index (Phi) is 5.35. The van der Waals surface area contributed by atoms with Crippen molar-refractivity contribution in [3.05, 3.63) is 140 Å². The average Bonchev–Trinajstić information content (AvgIpc) is 3.38. The van der Waals surface area contributed by atoms with Crippen LogP contribution >= 0.6 is 11.3 Å². The molecule has 7 rings (SSSR count). The zero-order valence-corrected chi connectivity index (χ0v) is 21.7. The highest BCUT2D eigenvalue weighted by atomic mass is 32.1. The topological polar surface area (TPSA) is 4.93 Å². The van der Waals surface area contributed by atoms with E-state index in [1.54, 1.807) is 0 Å². The number of hydrogen-bond donors (Lipinski definition) is 0. The van der Waals surface area contributed by atoms with Crippen molar-refractivity contribution in [1.29, 1.82) is 0 Å². The zero-order chi connectivity index (χ0) is 25.6. The molecule has 0 saturated heterocycles. The summed E-state index contributed by atoms with van der Waals surface area (Å²) >= 11 is 1.84. The number of para-hydroxylation sites is 1. The summed E-state index contributed by atoms with van der Waals surface area (Å²) in [6, 6.07) is 41.4. The monoisotopic (exact) mass is 503 g/mol. The molecule has 0 N–H and O–H groups in total. The lowest BCUT2D eigenvalue weighted by molar-refractivity contribution is 1.10. The summed E-state index contributed by atoms with van der Waals surface area (Å²) in [4.78, 5) is 0. The van der Waals surface area contributed by atoms with Crippen molar-refractivity contribution in [1.82, 2.24) is 4.57 Å². The molecular weight excluding hydrogens is 478 g/mol. The van der Waals surface area contributed by atoms with E-state index in [-0.39, 0.29) is 0 Å². The van der Waals surface area contributed by atoms with Gasteiger partial charge >= 0.3 is 0 Å². The summed E-state index contributed by atoms with van der Waals surface area (Å²) in [5.41, 5.74) is 4.32. The fourth-order valence-electron chi connectivity index (χ4n) is 5.81. The minimum atomic E-state index is 1.01. The maximum absolute atomic E-state index is 4.34. The fraction of sp³-hybridized carbons (Fsp3) is 0. The van der Waals surface area contributed by atoms with Gasteiger partial charge in [0.25, 0.3) is 0 Å². The molecule has 180 valence electrons. The smallest absolute Gasteiger partial charge is 0.0555 e. The van der Waals surface area contributed by atoms with E-state index in [2.05, 4.69) is 133 Å². The minimum Gasteiger partial charge on any atom is -0.309 e. The van der Waals surface area contributed by atoms with Gasteiger partial charge in [0.05, 0.1) is 16.9 Å². The maximum Gasteiger partial charge on any atom is 0.0555 e. The van der Waals surface area contributed by atoms with Gasteiger partial charge in [-0.25, -0.2) is 0 Å². The summed E-state index contributed by atoms with van der Waals surface area (Å²) in [6.07, 6.45) is 3.96. The third-order valence-electron chi connectivity index (χ3n) is 7.41. The van der Waals surface area contributed by atoms with E-state index in [0.717, 1.165) is 27.8 Å². The molecule has 0 spiro atoms. The van der Waals surface area contributed by atoms with Gasteiger partial charge in [0.2, 0.25) is 0 Å². The first-order valence-corrected chi connectivity index (χ1v) is 13.6. The highest BCUT2D eigenvalue weighted by Crippen LogP contribution is 2.40. The standard InChI is InChI=1S/C36H25NS/c1-3-24-25-14-5-6-15-26(25)27-16-7-8-17-28(27)29-18-9-11-20-32(29)37(31(24)4-2)33-21-13-23-35-36(33)30-19-10-12-22-34(30)38-35/h3-23H,1-2H2. The number of thiophene rings is 1. The molecule has 0 aliphatic heterocycles. The molecule has 0 unspecified atom stereocenters. The lowest BCUT2D eigenvalue weighted by Crippen LogP contribution is -2.02. The summed E-state index contributed by atoms with van der Waals surface area (Å²) in [5, 5.41) is 8.45. The molecule has 5 aromatic carbocycles. The van der Waals surface area contributed by atoms with E-state index in [1.165, 1.54) is 41.7 Å². The van der Waals surface area contributed by atoms with Crippen LogP contribution in [0, 0.1) is 0 Å². The van der Waals surface area contributed by atoms with Gasteiger partial charge in [-0.1, -0.05) is 110 Å². The van der Waals surface area contributed by atoms with E-state index in [4.69, 9.17) is 0 Å². The van der Waals surface area contributed by atoms with Crippen LogP contribution < -0.4 is 0 Å². The van der Waals surface area contributed by atoms with Gasteiger partial charge < -0.3 is 4.57 Å². The third kappa shape index (κ3) is 3.31. The Labute approximate surface area is 225 Å². The molecular formula is C36H25NS. The lowest BCUT2D eigenvalue weighted by Gasteiger charge is -2.17. The Bertz CT molecular complexity index is 2120. The second-order valence-corrected chi connectivity index (χ2v) is 10.5. The predicted octanol–water partition coefficient (Wildman–Crippen LogP) is 10.7. The first-order valence-electron chi connectivity index (χ1n) is 12.8. The van der Waals surface area contributed by atoms with Gasteiger partial charge in [0.1, 0.15) is 0 Å². The van der Waals surface area contributed by atoms with Crippen LogP contribution in [0.15, 0.2) is 128 Å². The van der Waals surface area contributed by atoms with Crippen molar-refractivity contribution < 1.29 is 0 Å². The second-order valence-electron chi connectivity index (χ2n) is 9.40. The highest BCUT2D eigenvalue weighted by molar-refractivity contribution is 7.25. The molecule has 0 saturated carbocycles. The summed E-state index contributed by atoms with van der Waals surface area (Å²) < 4.78 is 4.95. The Hall–Kier alpha value is -4.66. The molecule has 0 aliphatic carbocycles. The van der Waals surface area contributed by atoms with Crippen molar-refractivity contribution >= 4 is 76.1 Å². The molecule has 0 fully saturated rings. The largest absolute Gasteiger partial charge is 0.309 e. The molecule has 0 atom stereocenters. The van der Waals surface area contributed by atoms with Crippen LogP contribution in [-0.2, 0) is 0 Å². The Morgan fingerprint density at radius 2 is 1.05 bits per heavy atom. The van der Waals surface area contributed by atoms with Crippen LogP contribution in [0.5, 0.6) is 0 Å². The SMILES string of the molecule is C=Cc1c(C=C)n(-c2cccc3sc4ccccc4c23)c2ccccc2c2ccccc2c2ccccc12. The van der Waals surface area contributed by atoms with Crippen molar-refractivity contribution in [3.63, 3.8) is 0 Å². The van der Waals surface area contributed by atoms with Gasteiger partial charge in [-0.3, -0.25) is 0 Å².